The van der Waals surface area contributed by atoms with Gasteiger partial charge in [0, 0.05) is 46.3 Å². The number of fused-ring (bicyclic) bond motifs is 3. The minimum Gasteiger partial charge on any atom is -0.346 e. The zero-order valence-corrected chi connectivity index (χ0v) is 20.2. The van der Waals surface area contributed by atoms with Gasteiger partial charge in [0.25, 0.3) is 0 Å². The van der Waals surface area contributed by atoms with E-state index in [1.165, 1.54) is 0 Å². The highest BCUT2D eigenvalue weighted by Crippen LogP contribution is 2.40. The molecule has 7 heteroatoms. The Hall–Kier alpha value is -4.57. The first-order chi connectivity index (χ1) is 18.2. The van der Waals surface area contributed by atoms with Crippen LogP contribution in [0.1, 0.15) is 64.4 Å². The van der Waals surface area contributed by atoms with Gasteiger partial charge < -0.3 is 9.55 Å². The molecule has 182 valence electrons. The van der Waals surface area contributed by atoms with Gasteiger partial charge in [-0.3, -0.25) is 9.59 Å². The lowest BCUT2D eigenvalue weighted by Gasteiger charge is -2.30. The Morgan fingerprint density at radius 3 is 2.41 bits per heavy atom. The third-order valence-electron chi connectivity index (χ3n) is 7.51. The summed E-state index contributed by atoms with van der Waals surface area (Å²) >= 11 is 0. The predicted octanol–water partition coefficient (Wildman–Crippen LogP) is 6.27. The van der Waals surface area contributed by atoms with Crippen LogP contribution in [-0.4, -0.2) is 31.6 Å². The fourth-order valence-electron chi connectivity index (χ4n) is 5.54. The molecule has 0 aliphatic heterocycles. The number of carbonyl (C=O) groups excluding carboxylic acids is 2. The minimum atomic E-state index is -0.0912. The maximum Gasteiger partial charge on any atom is 0.193 e. The minimum absolute atomic E-state index is 0.0912. The summed E-state index contributed by atoms with van der Waals surface area (Å²) in [5, 5.41) is 10.2. The van der Waals surface area contributed by atoms with Gasteiger partial charge in [-0.2, -0.15) is 5.26 Å². The highest BCUT2D eigenvalue weighted by molar-refractivity contribution is 6.09. The van der Waals surface area contributed by atoms with Crippen molar-refractivity contribution in [2.45, 2.75) is 38.1 Å². The Labute approximate surface area is 213 Å². The summed E-state index contributed by atoms with van der Waals surface area (Å²) in [6, 6.07) is 18.9. The Morgan fingerprint density at radius 2 is 1.73 bits per heavy atom. The first-order valence-electron chi connectivity index (χ1n) is 12.6. The Bertz CT molecular complexity index is 1650. The van der Waals surface area contributed by atoms with E-state index in [2.05, 4.69) is 20.6 Å². The zero-order valence-electron chi connectivity index (χ0n) is 20.2. The number of pyridine rings is 1. The summed E-state index contributed by atoms with van der Waals surface area (Å²) in [5.74, 6) is 1.23. The van der Waals surface area contributed by atoms with Gasteiger partial charge in [-0.05, 0) is 37.7 Å². The van der Waals surface area contributed by atoms with Crippen LogP contribution in [0.2, 0.25) is 0 Å². The van der Waals surface area contributed by atoms with Crippen molar-refractivity contribution in [3.63, 3.8) is 0 Å². The van der Waals surface area contributed by atoms with Gasteiger partial charge in [-0.25, -0.2) is 9.97 Å². The number of nitriles is 1. The third-order valence-corrected chi connectivity index (χ3v) is 7.51. The normalized spacial score (nSPS) is 17.6. The molecule has 0 radical (unpaired) electrons. The monoisotopic (exact) mass is 487 g/mol. The fraction of sp³-hybridized carbons (Fsp3) is 0.233. The average molecular weight is 488 g/mol. The van der Waals surface area contributed by atoms with E-state index >= 15 is 0 Å². The number of aromatic nitrogens is 4. The molecule has 3 heterocycles. The lowest BCUT2D eigenvalue weighted by molar-refractivity contribution is 0.103. The molecular formula is C30H25N5O2. The molecule has 0 unspecified atom stereocenters. The molecule has 1 aliphatic rings. The number of nitrogens with zero attached hydrogens (tertiary/aromatic N) is 4. The lowest BCUT2D eigenvalue weighted by atomic mass is 9.84. The molecule has 1 N–H and O–H groups in total. The van der Waals surface area contributed by atoms with E-state index in [0.717, 1.165) is 65.4 Å². The number of aromatic amines is 1. The average Bonchev–Trinajstić information content (AvgIpc) is 3.58. The van der Waals surface area contributed by atoms with Crippen LogP contribution in [0, 0.1) is 17.2 Å². The number of imidazole rings is 1. The summed E-state index contributed by atoms with van der Waals surface area (Å²) in [6.45, 7) is 0. The summed E-state index contributed by atoms with van der Waals surface area (Å²) in [6.07, 6.45) is 9.13. The SMILES string of the molecule is N#CC[C@H]1CC[C@H](n2c(-c3ccc(C(=O)c4ccc(C=O)cc4)cc3)nc3cnc4[nH]ccc4c32)CC1. The number of benzene rings is 2. The molecule has 0 saturated heterocycles. The lowest BCUT2D eigenvalue weighted by Crippen LogP contribution is -2.19. The van der Waals surface area contributed by atoms with Crippen molar-refractivity contribution in [2.24, 2.45) is 5.92 Å². The number of rotatable bonds is 6. The summed E-state index contributed by atoms with van der Waals surface area (Å²) in [5.41, 5.74) is 5.35. The number of carbonyl (C=O) groups is 2. The van der Waals surface area contributed by atoms with Crippen LogP contribution >= 0.6 is 0 Å². The van der Waals surface area contributed by atoms with E-state index in [4.69, 9.17) is 10.2 Å². The molecule has 2 aromatic carbocycles. The van der Waals surface area contributed by atoms with Gasteiger partial charge in [-0.1, -0.05) is 48.5 Å². The third kappa shape index (κ3) is 4.11. The molecule has 0 amide bonds. The van der Waals surface area contributed by atoms with Crippen molar-refractivity contribution in [3.05, 3.63) is 83.7 Å². The van der Waals surface area contributed by atoms with E-state index in [-0.39, 0.29) is 11.8 Å². The van der Waals surface area contributed by atoms with Crippen LogP contribution in [0.25, 0.3) is 33.5 Å². The van der Waals surface area contributed by atoms with Crippen LogP contribution in [0.4, 0.5) is 0 Å². The molecule has 0 bridgehead atoms. The fourth-order valence-corrected chi connectivity index (χ4v) is 5.54. The van der Waals surface area contributed by atoms with E-state index in [0.29, 0.717) is 29.0 Å². The van der Waals surface area contributed by atoms with Crippen LogP contribution < -0.4 is 0 Å². The van der Waals surface area contributed by atoms with Gasteiger partial charge in [0.15, 0.2) is 5.78 Å². The molecule has 7 nitrogen and oxygen atoms in total. The van der Waals surface area contributed by atoms with E-state index in [1.54, 1.807) is 24.3 Å². The Morgan fingerprint density at radius 1 is 1.03 bits per heavy atom. The smallest absolute Gasteiger partial charge is 0.193 e. The van der Waals surface area contributed by atoms with Crippen molar-refractivity contribution in [1.29, 1.82) is 5.26 Å². The zero-order chi connectivity index (χ0) is 25.4. The van der Waals surface area contributed by atoms with E-state index in [1.807, 2.05) is 42.7 Å². The second-order valence-electron chi connectivity index (χ2n) is 9.72. The van der Waals surface area contributed by atoms with Gasteiger partial charge in [-0.15, -0.1) is 0 Å². The maximum absolute atomic E-state index is 13.0. The number of H-pyrrole nitrogens is 1. The van der Waals surface area contributed by atoms with Gasteiger partial charge in [0.2, 0.25) is 0 Å². The van der Waals surface area contributed by atoms with Crippen molar-refractivity contribution >= 4 is 34.1 Å². The number of ketones is 1. The van der Waals surface area contributed by atoms with Gasteiger partial charge in [0.05, 0.1) is 17.8 Å². The molecule has 1 aliphatic carbocycles. The Kier molecular flexibility index (Phi) is 5.85. The second kappa shape index (κ2) is 9.47. The largest absolute Gasteiger partial charge is 0.346 e. The van der Waals surface area contributed by atoms with E-state index < -0.39 is 0 Å². The molecule has 5 aromatic rings. The van der Waals surface area contributed by atoms with Crippen LogP contribution in [0.15, 0.2) is 67.0 Å². The molecule has 0 spiro atoms. The molecule has 3 aromatic heterocycles. The van der Waals surface area contributed by atoms with Crippen molar-refractivity contribution in [1.82, 2.24) is 19.5 Å². The molecule has 1 saturated carbocycles. The van der Waals surface area contributed by atoms with Crippen LogP contribution in [-0.2, 0) is 0 Å². The number of aldehydes is 1. The predicted molar refractivity (Wildman–Crippen MR) is 141 cm³/mol. The first-order valence-corrected chi connectivity index (χ1v) is 12.6. The number of nitrogens with one attached hydrogen (secondary N) is 1. The van der Waals surface area contributed by atoms with Gasteiger partial charge in [0.1, 0.15) is 23.3 Å². The standard InChI is InChI=1S/C30H25N5O2/c31-15-13-19-3-11-24(12-4-19)35-27-25-14-16-32-29(25)33-17-26(27)34-30(35)23-9-7-22(8-10-23)28(37)21-5-1-20(18-36)2-6-21/h1-2,5-10,14,16-19,24H,3-4,11-13H2,(H,32,33)/t19-,24-. The van der Waals surface area contributed by atoms with Crippen LogP contribution in [0.3, 0.4) is 0 Å². The van der Waals surface area contributed by atoms with E-state index in [9.17, 15) is 9.59 Å². The second-order valence-corrected chi connectivity index (χ2v) is 9.72. The molecular weight excluding hydrogens is 462 g/mol. The molecule has 37 heavy (non-hydrogen) atoms. The van der Waals surface area contributed by atoms with Crippen molar-refractivity contribution in [2.75, 3.05) is 0 Å². The Balaban J connectivity index is 1.39. The maximum atomic E-state index is 13.0. The quantitative estimate of drug-likeness (QED) is 0.225. The summed E-state index contributed by atoms with van der Waals surface area (Å²) < 4.78 is 2.35. The first kappa shape index (κ1) is 22.9. The summed E-state index contributed by atoms with van der Waals surface area (Å²) in [7, 11) is 0. The topological polar surface area (TPSA) is 104 Å². The molecule has 6 rings (SSSR count). The molecule has 1 fully saturated rings. The van der Waals surface area contributed by atoms with Gasteiger partial charge >= 0.3 is 0 Å². The summed E-state index contributed by atoms with van der Waals surface area (Å²) in [4.78, 5) is 36.7. The van der Waals surface area contributed by atoms with Crippen LogP contribution in [0.5, 0.6) is 0 Å². The highest BCUT2D eigenvalue weighted by atomic mass is 16.1. The number of hydrogen-bond acceptors (Lipinski definition) is 5. The molecule has 0 atom stereocenters. The highest BCUT2D eigenvalue weighted by Gasteiger charge is 2.27. The number of hydrogen-bond donors (Lipinski definition) is 1. The van der Waals surface area contributed by atoms with Crippen molar-refractivity contribution < 1.29 is 9.59 Å². The van der Waals surface area contributed by atoms with Crippen molar-refractivity contribution in [3.8, 4) is 17.5 Å².